The molecule has 0 saturated carbocycles. The second-order valence-electron chi connectivity index (χ2n) is 4.24. The summed E-state index contributed by atoms with van der Waals surface area (Å²) in [6.45, 7) is 3.24. The van der Waals surface area contributed by atoms with E-state index in [1.54, 1.807) is 13.3 Å². The van der Waals surface area contributed by atoms with Crippen molar-refractivity contribution >= 4 is 5.69 Å². The van der Waals surface area contributed by atoms with Gasteiger partial charge in [-0.3, -0.25) is 5.10 Å². The number of H-pyrrole nitrogens is 1. The summed E-state index contributed by atoms with van der Waals surface area (Å²) in [6, 6.07) is 10.0. The van der Waals surface area contributed by atoms with Gasteiger partial charge in [0.05, 0.1) is 18.3 Å². The predicted octanol–water partition coefficient (Wildman–Crippen LogP) is 2.61. The summed E-state index contributed by atoms with van der Waals surface area (Å²) in [6.07, 6.45) is 1.75. The Morgan fingerprint density at radius 2 is 2.00 bits per heavy atom. The fourth-order valence-electron chi connectivity index (χ4n) is 1.73. The zero-order valence-electron chi connectivity index (χ0n) is 11.2. The maximum atomic E-state index is 5.51. The normalized spacial score (nSPS) is 12.1. The van der Waals surface area contributed by atoms with Crippen molar-refractivity contribution < 1.29 is 9.47 Å². The summed E-state index contributed by atoms with van der Waals surface area (Å²) in [7, 11) is 1.66. The average Bonchev–Trinajstić information content (AvgIpc) is 2.95. The maximum absolute atomic E-state index is 5.51. The molecule has 0 bridgehead atoms. The van der Waals surface area contributed by atoms with E-state index in [2.05, 4.69) is 22.4 Å². The number of nitrogens with one attached hydrogen (secondary N) is 2. The van der Waals surface area contributed by atoms with Crippen LogP contribution in [0.15, 0.2) is 36.5 Å². The van der Waals surface area contributed by atoms with E-state index in [-0.39, 0.29) is 6.04 Å². The lowest BCUT2D eigenvalue weighted by atomic mass is 10.2. The van der Waals surface area contributed by atoms with Gasteiger partial charge in [0, 0.05) is 19.0 Å². The number of hydrogen-bond acceptors (Lipinski definition) is 4. The van der Waals surface area contributed by atoms with Crippen LogP contribution in [0, 0.1) is 0 Å². The predicted molar refractivity (Wildman–Crippen MR) is 74.4 cm³/mol. The second kappa shape index (κ2) is 6.80. The molecule has 0 amide bonds. The lowest BCUT2D eigenvalue weighted by molar-refractivity contribution is 0.146. The van der Waals surface area contributed by atoms with Crippen molar-refractivity contribution in [3.05, 3.63) is 42.2 Å². The van der Waals surface area contributed by atoms with E-state index in [1.807, 2.05) is 30.3 Å². The number of ether oxygens (including phenoxy) is 2. The van der Waals surface area contributed by atoms with Gasteiger partial charge in [0.1, 0.15) is 12.4 Å². The van der Waals surface area contributed by atoms with Crippen LogP contribution in [-0.4, -0.2) is 30.5 Å². The molecule has 2 aromatic rings. The lowest BCUT2D eigenvalue weighted by Crippen LogP contribution is -2.07. The molecule has 1 atom stereocenters. The number of anilines is 1. The van der Waals surface area contributed by atoms with Gasteiger partial charge in [-0.05, 0) is 37.3 Å². The lowest BCUT2D eigenvalue weighted by Gasteiger charge is -2.14. The Kier molecular flexibility index (Phi) is 4.80. The molecular weight excluding hydrogens is 242 g/mol. The highest BCUT2D eigenvalue weighted by Gasteiger charge is 2.06. The summed E-state index contributed by atoms with van der Waals surface area (Å²) in [5.74, 6) is 0.844. The molecule has 5 nitrogen and oxygen atoms in total. The summed E-state index contributed by atoms with van der Waals surface area (Å²) in [4.78, 5) is 0. The van der Waals surface area contributed by atoms with Crippen molar-refractivity contribution in [1.82, 2.24) is 10.2 Å². The summed E-state index contributed by atoms with van der Waals surface area (Å²) < 4.78 is 10.4. The van der Waals surface area contributed by atoms with Crippen molar-refractivity contribution in [3.8, 4) is 5.75 Å². The van der Waals surface area contributed by atoms with Gasteiger partial charge in [-0.15, -0.1) is 0 Å². The monoisotopic (exact) mass is 261 g/mol. The van der Waals surface area contributed by atoms with E-state index in [0.29, 0.717) is 13.2 Å². The van der Waals surface area contributed by atoms with Gasteiger partial charge in [-0.25, -0.2) is 0 Å². The van der Waals surface area contributed by atoms with Gasteiger partial charge in [-0.2, -0.15) is 5.10 Å². The fourth-order valence-corrected chi connectivity index (χ4v) is 1.73. The Labute approximate surface area is 112 Å². The molecule has 0 aliphatic rings. The van der Waals surface area contributed by atoms with Crippen molar-refractivity contribution in [1.29, 1.82) is 0 Å². The number of aromatic amines is 1. The largest absolute Gasteiger partial charge is 0.491 e. The third-order valence-corrected chi connectivity index (χ3v) is 2.78. The molecule has 1 unspecified atom stereocenters. The first-order valence-electron chi connectivity index (χ1n) is 6.27. The van der Waals surface area contributed by atoms with Crippen LogP contribution in [0.1, 0.15) is 18.7 Å². The van der Waals surface area contributed by atoms with E-state index in [1.165, 1.54) is 0 Å². The van der Waals surface area contributed by atoms with Crippen LogP contribution >= 0.6 is 0 Å². The molecule has 0 saturated heterocycles. The van der Waals surface area contributed by atoms with Gasteiger partial charge < -0.3 is 14.8 Å². The number of hydrogen-bond donors (Lipinski definition) is 2. The highest BCUT2D eigenvalue weighted by molar-refractivity contribution is 5.47. The Bertz CT molecular complexity index is 468. The Morgan fingerprint density at radius 1 is 1.21 bits per heavy atom. The molecule has 1 aromatic carbocycles. The second-order valence-corrected chi connectivity index (χ2v) is 4.24. The van der Waals surface area contributed by atoms with Crippen LogP contribution < -0.4 is 10.1 Å². The third kappa shape index (κ3) is 3.99. The first kappa shape index (κ1) is 13.4. The van der Waals surface area contributed by atoms with Crippen molar-refractivity contribution in [2.24, 2.45) is 0 Å². The van der Waals surface area contributed by atoms with Crippen LogP contribution in [0.2, 0.25) is 0 Å². The van der Waals surface area contributed by atoms with Crippen LogP contribution in [-0.2, 0) is 4.74 Å². The van der Waals surface area contributed by atoms with Crippen molar-refractivity contribution in [2.45, 2.75) is 13.0 Å². The van der Waals surface area contributed by atoms with E-state index >= 15 is 0 Å². The van der Waals surface area contributed by atoms with Gasteiger partial charge in [0.15, 0.2) is 0 Å². The minimum atomic E-state index is 0.183. The molecule has 0 aliphatic heterocycles. The molecule has 0 radical (unpaired) electrons. The minimum Gasteiger partial charge on any atom is -0.491 e. The fraction of sp³-hybridized carbons (Fsp3) is 0.357. The number of methoxy groups -OCH3 is 1. The number of nitrogens with zero attached hydrogens (tertiary/aromatic N) is 1. The highest BCUT2D eigenvalue weighted by atomic mass is 16.5. The molecule has 0 spiro atoms. The quantitative estimate of drug-likeness (QED) is 0.752. The molecule has 2 N–H and O–H groups in total. The third-order valence-electron chi connectivity index (χ3n) is 2.78. The highest BCUT2D eigenvalue weighted by Crippen LogP contribution is 2.20. The van der Waals surface area contributed by atoms with E-state index < -0.39 is 0 Å². The molecule has 0 aliphatic carbocycles. The maximum Gasteiger partial charge on any atom is 0.119 e. The van der Waals surface area contributed by atoms with Gasteiger partial charge >= 0.3 is 0 Å². The minimum absolute atomic E-state index is 0.183. The van der Waals surface area contributed by atoms with Crippen molar-refractivity contribution in [2.75, 3.05) is 25.6 Å². The SMILES string of the molecule is COCCOc1ccc(NC(C)c2ccn[nH]2)cc1. The Balaban J connectivity index is 1.88. The first-order valence-corrected chi connectivity index (χ1v) is 6.27. The zero-order valence-corrected chi connectivity index (χ0v) is 11.2. The molecule has 102 valence electrons. The Morgan fingerprint density at radius 3 is 2.63 bits per heavy atom. The average molecular weight is 261 g/mol. The summed E-state index contributed by atoms with van der Waals surface area (Å²) in [5, 5.41) is 10.3. The zero-order chi connectivity index (χ0) is 13.5. The van der Waals surface area contributed by atoms with Crippen LogP contribution in [0.4, 0.5) is 5.69 Å². The van der Waals surface area contributed by atoms with E-state index in [0.717, 1.165) is 17.1 Å². The number of benzene rings is 1. The summed E-state index contributed by atoms with van der Waals surface area (Å²) in [5.41, 5.74) is 2.10. The molecule has 2 rings (SSSR count). The van der Waals surface area contributed by atoms with Gasteiger partial charge in [-0.1, -0.05) is 0 Å². The van der Waals surface area contributed by atoms with E-state index in [9.17, 15) is 0 Å². The summed E-state index contributed by atoms with van der Waals surface area (Å²) >= 11 is 0. The standard InChI is InChI=1S/C14H19N3O2/c1-11(14-7-8-15-17-14)16-12-3-5-13(6-4-12)19-10-9-18-2/h3-8,11,16H,9-10H2,1-2H3,(H,15,17). The smallest absolute Gasteiger partial charge is 0.119 e. The number of aromatic nitrogens is 2. The van der Waals surface area contributed by atoms with Crippen molar-refractivity contribution in [3.63, 3.8) is 0 Å². The molecule has 1 heterocycles. The molecule has 1 aromatic heterocycles. The molecule has 5 heteroatoms. The van der Waals surface area contributed by atoms with Gasteiger partial charge in [0.2, 0.25) is 0 Å². The first-order chi connectivity index (χ1) is 9.29. The van der Waals surface area contributed by atoms with Crippen LogP contribution in [0.5, 0.6) is 5.75 Å². The number of rotatable bonds is 7. The molecule has 0 fully saturated rings. The topological polar surface area (TPSA) is 59.2 Å². The molecular formula is C14H19N3O2. The molecule has 19 heavy (non-hydrogen) atoms. The van der Waals surface area contributed by atoms with Crippen LogP contribution in [0.3, 0.4) is 0 Å². The van der Waals surface area contributed by atoms with Gasteiger partial charge in [0.25, 0.3) is 0 Å². The van der Waals surface area contributed by atoms with Crippen LogP contribution in [0.25, 0.3) is 0 Å². The van der Waals surface area contributed by atoms with E-state index in [4.69, 9.17) is 9.47 Å². The Hall–Kier alpha value is -2.01.